The van der Waals surface area contributed by atoms with Gasteiger partial charge in [0.15, 0.2) is 11.5 Å². The average molecular weight is 421 g/mol. The van der Waals surface area contributed by atoms with Crippen LogP contribution in [0.4, 0.5) is 5.69 Å². The number of ether oxygens (including phenoxy) is 2. The summed E-state index contributed by atoms with van der Waals surface area (Å²) in [5, 5.41) is 4.68. The van der Waals surface area contributed by atoms with E-state index in [-0.39, 0.29) is 18.0 Å². The van der Waals surface area contributed by atoms with Crippen LogP contribution in [0.2, 0.25) is 0 Å². The maximum Gasteiger partial charge on any atom is 0.271 e. The third kappa shape index (κ3) is 3.77. The topological polar surface area (TPSA) is 82.5 Å². The minimum absolute atomic E-state index is 0.144. The first-order chi connectivity index (χ1) is 14.6. The fourth-order valence-corrected chi connectivity index (χ4v) is 4.12. The van der Waals surface area contributed by atoms with E-state index in [2.05, 4.69) is 10.3 Å². The minimum Gasteiger partial charge on any atom is -0.493 e. The molecule has 0 atom stereocenters. The molecule has 30 heavy (non-hydrogen) atoms. The summed E-state index contributed by atoms with van der Waals surface area (Å²) < 4.78 is 12.3. The number of hydrogen-bond donors (Lipinski definition) is 1. The van der Waals surface area contributed by atoms with Gasteiger partial charge in [-0.15, -0.1) is 11.3 Å². The third-order valence-electron chi connectivity index (χ3n) is 4.61. The van der Waals surface area contributed by atoms with Crippen LogP contribution in [0, 0.1) is 0 Å². The third-order valence-corrected chi connectivity index (χ3v) is 5.57. The molecule has 2 heterocycles. The smallest absolute Gasteiger partial charge is 0.271 e. The van der Waals surface area contributed by atoms with E-state index in [1.165, 1.54) is 29.3 Å². The van der Waals surface area contributed by atoms with E-state index < -0.39 is 0 Å². The van der Waals surface area contributed by atoms with Gasteiger partial charge in [0.2, 0.25) is 5.91 Å². The number of benzene rings is 2. The van der Waals surface area contributed by atoms with Crippen molar-refractivity contribution in [2.45, 2.75) is 6.54 Å². The SMILES string of the molecule is COc1ccc(NC(=O)Cn2cnc3c(-c4ccccc4)csc3c2=O)cc1OC. The second-order valence-corrected chi connectivity index (χ2v) is 7.37. The lowest BCUT2D eigenvalue weighted by Gasteiger charge is -2.11. The number of methoxy groups -OCH3 is 2. The van der Waals surface area contributed by atoms with Crippen molar-refractivity contribution in [3.05, 3.63) is 70.6 Å². The van der Waals surface area contributed by atoms with Crippen molar-refractivity contribution in [3.63, 3.8) is 0 Å². The fraction of sp³-hybridized carbons (Fsp3) is 0.136. The number of rotatable bonds is 6. The quantitative estimate of drug-likeness (QED) is 0.512. The first kappa shape index (κ1) is 19.7. The highest BCUT2D eigenvalue weighted by Gasteiger charge is 2.14. The van der Waals surface area contributed by atoms with E-state index in [1.54, 1.807) is 25.3 Å². The predicted molar refractivity (Wildman–Crippen MR) is 117 cm³/mol. The van der Waals surface area contributed by atoms with Crippen molar-refractivity contribution in [3.8, 4) is 22.6 Å². The number of fused-ring (bicyclic) bond motifs is 1. The second kappa shape index (κ2) is 8.38. The fourth-order valence-electron chi connectivity index (χ4n) is 3.15. The molecule has 1 N–H and O–H groups in total. The highest BCUT2D eigenvalue weighted by atomic mass is 32.1. The van der Waals surface area contributed by atoms with Crippen LogP contribution >= 0.6 is 11.3 Å². The molecule has 0 radical (unpaired) electrons. The zero-order valence-corrected chi connectivity index (χ0v) is 17.2. The maximum atomic E-state index is 12.9. The monoisotopic (exact) mass is 421 g/mol. The Labute approximate surface area is 176 Å². The summed E-state index contributed by atoms with van der Waals surface area (Å²) in [6.07, 6.45) is 1.41. The summed E-state index contributed by atoms with van der Waals surface area (Å²) in [6.45, 7) is -0.144. The van der Waals surface area contributed by atoms with Gasteiger partial charge < -0.3 is 14.8 Å². The van der Waals surface area contributed by atoms with Gasteiger partial charge in [-0.1, -0.05) is 30.3 Å². The van der Waals surface area contributed by atoms with Gasteiger partial charge in [-0.3, -0.25) is 14.2 Å². The number of anilines is 1. The highest BCUT2D eigenvalue weighted by molar-refractivity contribution is 7.17. The van der Waals surface area contributed by atoms with Gasteiger partial charge in [-0.05, 0) is 17.7 Å². The molecule has 152 valence electrons. The molecular weight excluding hydrogens is 402 g/mol. The van der Waals surface area contributed by atoms with E-state index in [0.717, 1.165) is 11.1 Å². The standard InChI is InChI=1S/C22H19N3O4S/c1-28-17-9-8-15(10-18(17)29-2)24-19(26)11-25-13-23-20-16(12-30-21(20)22(25)27)14-6-4-3-5-7-14/h3-10,12-13H,11H2,1-2H3,(H,24,26). The molecule has 4 rings (SSSR count). The van der Waals surface area contributed by atoms with Crippen molar-refractivity contribution in [1.29, 1.82) is 0 Å². The largest absolute Gasteiger partial charge is 0.493 e. The van der Waals surface area contributed by atoms with Gasteiger partial charge in [0, 0.05) is 22.7 Å². The van der Waals surface area contributed by atoms with E-state index in [1.807, 2.05) is 35.7 Å². The zero-order valence-electron chi connectivity index (χ0n) is 16.4. The van der Waals surface area contributed by atoms with Gasteiger partial charge in [-0.2, -0.15) is 0 Å². The molecule has 0 bridgehead atoms. The van der Waals surface area contributed by atoms with Gasteiger partial charge in [0.25, 0.3) is 5.56 Å². The Morgan fingerprint density at radius 3 is 2.60 bits per heavy atom. The molecule has 4 aromatic rings. The number of carbonyl (C=O) groups excluding carboxylic acids is 1. The molecule has 1 amide bonds. The van der Waals surface area contributed by atoms with Crippen LogP contribution in [0.1, 0.15) is 0 Å². The van der Waals surface area contributed by atoms with Crippen LogP contribution < -0.4 is 20.3 Å². The lowest BCUT2D eigenvalue weighted by Crippen LogP contribution is -2.27. The van der Waals surface area contributed by atoms with E-state index >= 15 is 0 Å². The molecule has 0 fully saturated rings. The van der Waals surface area contributed by atoms with Crippen molar-refractivity contribution in [2.24, 2.45) is 0 Å². The molecule has 0 saturated carbocycles. The highest BCUT2D eigenvalue weighted by Crippen LogP contribution is 2.31. The molecule has 0 saturated heterocycles. The number of amides is 1. The Balaban J connectivity index is 1.56. The van der Waals surface area contributed by atoms with Crippen LogP contribution in [0.5, 0.6) is 11.5 Å². The summed E-state index contributed by atoms with van der Waals surface area (Å²) in [6, 6.07) is 14.8. The number of carbonyl (C=O) groups is 1. The van der Waals surface area contributed by atoms with Crippen molar-refractivity contribution < 1.29 is 14.3 Å². The van der Waals surface area contributed by atoms with Crippen LogP contribution in [0.3, 0.4) is 0 Å². The normalized spacial score (nSPS) is 10.7. The van der Waals surface area contributed by atoms with Crippen LogP contribution in [0.25, 0.3) is 21.3 Å². The first-order valence-electron chi connectivity index (χ1n) is 9.14. The molecule has 0 spiro atoms. The van der Waals surface area contributed by atoms with Crippen molar-refractivity contribution in [1.82, 2.24) is 9.55 Å². The van der Waals surface area contributed by atoms with Crippen molar-refractivity contribution in [2.75, 3.05) is 19.5 Å². The van der Waals surface area contributed by atoms with Crippen LogP contribution in [-0.4, -0.2) is 29.7 Å². The molecule has 2 aromatic carbocycles. The number of thiophene rings is 1. The molecule has 0 aliphatic carbocycles. The number of aromatic nitrogens is 2. The van der Waals surface area contributed by atoms with Gasteiger partial charge >= 0.3 is 0 Å². The average Bonchev–Trinajstić information content (AvgIpc) is 3.21. The van der Waals surface area contributed by atoms with Gasteiger partial charge in [-0.25, -0.2) is 4.98 Å². The zero-order chi connectivity index (χ0) is 21.1. The molecule has 7 nitrogen and oxygen atoms in total. The summed E-state index contributed by atoms with van der Waals surface area (Å²) in [5.74, 6) is 0.723. The summed E-state index contributed by atoms with van der Waals surface area (Å²) in [4.78, 5) is 29.8. The van der Waals surface area contributed by atoms with Crippen LogP contribution in [0.15, 0.2) is 65.0 Å². The Morgan fingerprint density at radius 1 is 1.10 bits per heavy atom. The number of nitrogens with zero attached hydrogens (tertiary/aromatic N) is 2. The van der Waals surface area contributed by atoms with Gasteiger partial charge in [0.05, 0.1) is 26.1 Å². The molecule has 2 aromatic heterocycles. The minimum atomic E-state index is -0.342. The first-order valence-corrected chi connectivity index (χ1v) is 10.0. The molecule has 0 unspecified atom stereocenters. The Hall–Kier alpha value is -3.65. The number of nitrogens with one attached hydrogen (secondary N) is 1. The Kier molecular flexibility index (Phi) is 5.49. The van der Waals surface area contributed by atoms with E-state index in [0.29, 0.717) is 27.4 Å². The summed E-state index contributed by atoms with van der Waals surface area (Å²) in [5.41, 5.74) is 2.86. The predicted octanol–water partition coefficient (Wildman–Crippen LogP) is 3.78. The Morgan fingerprint density at radius 2 is 1.87 bits per heavy atom. The molecule has 0 aliphatic heterocycles. The number of hydrogen-bond acceptors (Lipinski definition) is 6. The molecule has 0 aliphatic rings. The lowest BCUT2D eigenvalue weighted by molar-refractivity contribution is -0.116. The van der Waals surface area contributed by atoms with E-state index in [4.69, 9.17) is 9.47 Å². The Bertz CT molecular complexity index is 1260. The van der Waals surface area contributed by atoms with Gasteiger partial charge in [0.1, 0.15) is 11.2 Å². The summed E-state index contributed by atoms with van der Waals surface area (Å²) in [7, 11) is 3.06. The van der Waals surface area contributed by atoms with Crippen molar-refractivity contribution >= 4 is 33.1 Å². The van der Waals surface area contributed by atoms with E-state index in [9.17, 15) is 9.59 Å². The lowest BCUT2D eigenvalue weighted by atomic mass is 10.1. The molecule has 8 heteroatoms. The molecular formula is C22H19N3O4S. The second-order valence-electron chi connectivity index (χ2n) is 6.49. The maximum absolute atomic E-state index is 12.9. The summed E-state index contributed by atoms with van der Waals surface area (Å²) >= 11 is 1.33. The van der Waals surface area contributed by atoms with Crippen LogP contribution in [-0.2, 0) is 11.3 Å².